The maximum atomic E-state index is 13.1. The van der Waals surface area contributed by atoms with E-state index in [9.17, 15) is 4.79 Å². The van der Waals surface area contributed by atoms with Crippen molar-refractivity contribution in [3.05, 3.63) is 46.5 Å². The number of hydrazone groups is 1. The average Bonchev–Trinajstić information content (AvgIpc) is 2.67. The van der Waals surface area contributed by atoms with E-state index in [-0.39, 0.29) is 12.1 Å². The molecule has 3 aliphatic rings. The highest BCUT2D eigenvalue weighted by Gasteiger charge is 2.39. The highest BCUT2D eigenvalue weighted by atomic mass is 32.2. The number of amidine groups is 1. The molecule has 5 nitrogen and oxygen atoms in total. The van der Waals surface area contributed by atoms with Gasteiger partial charge in [-0.1, -0.05) is 61.9 Å². The first kappa shape index (κ1) is 19.2. The fraction of sp³-hybridized carbons (Fsp3) is 0.500. The Labute approximate surface area is 170 Å². The van der Waals surface area contributed by atoms with Crippen molar-refractivity contribution in [2.24, 2.45) is 21.9 Å². The highest BCUT2D eigenvalue weighted by Crippen LogP contribution is 2.36. The van der Waals surface area contributed by atoms with Crippen LogP contribution in [0.3, 0.4) is 0 Å². The van der Waals surface area contributed by atoms with Gasteiger partial charge in [0.15, 0.2) is 5.17 Å². The molecule has 148 valence electrons. The van der Waals surface area contributed by atoms with Crippen LogP contribution in [0.2, 0.25) is 0 Å². The Morgan fingerprint density at radius 1 is 1.32 bits per heavy atom. The number of carbonyl (C=O) groups excluding carboxylic acids is 1. The molecule has 0 spiro atoms. The molecule has 1 aliphatic carbocycles. The maximum absolute atomic E-state index is 13.1. The lowest BCUT2D eigenvalue weighted by atomic mass is 9.79. The van der Waals surface area contributed by atoms with E-state index in [4.69, 9.17) is 10.1 Å². The molecular formula is C22H28N4OS. The van der Waals surface area contributed by atoms with Crippen LogP contribution in [0.15, 0.2) is 46.0 Å². The quantitative estimate of drug-likeness (QED) is 0.629. The van der Waals surface area contributed by atoms with Gasteiger partial charge in [0.25, 0.3) is 5.91 Å². The number of nitrogens with one attached hydrogen (secondary N) is 1. The fourth-order valence-electron chi connectivity index (χ4n) is 4.24. The van der Waals surface area contributed by atoms with E-state index >= 15 is 0 Å². The summed E-state index contributed by atoms with van der Waals surface area (Å²) < 4.78 is 0. The smallest absolute Gasteiger partial charge is 0.276 e. The number of allylic oxidation sites excluding steroid dienone is 2. The number of rotatable bonds is 4. The fourth-order valence-corrected chi connectivity index (χ4v) is 5.17. The first-order valence-electron chi connectivity index (χ1n) is 10.2. The summed E-state index contributed by atoms with van der Waals surface area (Å²) in [6.45, 7) is 6.66. The van der Waals surface area contributed by atoms with Crippen LogP contribution >= 0.6 is 11.8 Å². The number of para-hydroxylation sites is 1. The molecule has 28 heavy (non-hydrogen) atoms. The molecule has 0 bridgehead atoms. The first-order chi connectivity index (χ1) is 13.6. The molecule has 0 saturated heterocycles. The second kappa shape index (κ2) is 8.11. The van der Waals surface area contributed by atoms with Gasteiger partial charge in [0.2, 0.25) is 0 Å². The van der Waals surface area contributed by atoms with Gasteiger partial charge in [0, 0.05) is 16.9 Å². The molecule has 2 aliphatic heterocycles. The summed E-state index contributed by atoms with van der Waals surface area (Å²) in [6.07, 6.45) is 6.47. The Morgan fingerprint density at radius 2 is 2.14 bits per heavy atom. The minimum absolute atomic E-state index is 0.0727. The normalized spacial score (nSPS) is 26.5. The molecule has 3 atom stereocenters. The van der Waals surface area contributed by atoms with Crippen molar-refractivity contribution in [2.45, 2.75) is 52.6 Å². The number of unbranched alkanes of at least 4 members (excludes halogenated alkanes) is 1. The first-order valence-corrected chi connectivity index (χ1v) is 11.2. The van der Waals surface area contributed by atoms with Gasteiger partial charge in [0.05, 0.1) is 5.36 Å². The SMILES string of the molecule is CCCCSC1=NN2C(=c3ccccc3=NC2C2CC=C(C)CC2C)C(=O)N1. The third-order valence-electron chi connectivity index (χ3n) is 5.78. The molecule has 0 radical (unpaired) electrons. The molecule has 4 rings (SSSR count). The molecule has 1 amide bonds. The van der Waals surface area contributed by atoms with Crippen molar-refractivity contribution in [1.82, 2.24) is 10.3 Å². The zero-order chi connectivity index (χ0) is 19.7. The number of thioether (sulfide) groups is 1. The summed E-state index contributed by atoms with van der Waals surface area (Å²) >= 11 is 1.62. The molecule has 3 unspecified atom stereocenters. The number of hydrogen-bond acceptors (Lipinski definition) is 5. The zero-order valence-corrected chi connectivity index (χ0v) is 17.6. The number of nitrogens with zero attached hydrogens (tertiary/aromatic N) is 3. The zero-order valence-electron chi connectivity index (χ0n) is 16.8. The lowest BCUT2D eigenvalue weighted by molar-refractivity contribution is -0.116. The van der Waals surface area contributed by atoms with Crippen molar-refractivity contribution >= 4 is 28.5 Å². The molecule has 1 aromatic rings. The lowest BCUT2D eigenvalue weighted by Crippen LogP contribution is -2.55. The Hall–Kier alpha value is -2.08. The number of carbonyl (C=O) groups is 1. The van der Waals surface area contributed by atoms with Crippen LogP contribution in [0.5, 0.6) is 0 Å². The summed E-state index contributed by atoms with van der Waals surface area (Å²) in [7, 11) is 0. The second-order valence-electron chi connectivity index (χ2n) is 7.95. The van der Waals surface area contributed by atoms with Crippen LogP contribution in [0.25, 0.3) is 5.70 Å². The molecule has 0 saturated carbocycles. The standard InChI is InChI=1S/C22H28N4OS/c1-4-5-12-28-22-24-21(27)19-17-8-6-7-9-18(17)23-20(26(19)25-22)16-11-10-14(2)13-15(16)3/h6-10,15-16,20H,4-5,11-13H2,1-3H3,(H,24,25,27). The van der Waals surface area contributed by atoms with Crippen LogP contribution in [-0.2, 0) is 4.79 Å². The van der Waals surface area contributed by atoms with Gasteiger partial charge >= 0.3 is 0 Å². The summed E-state index contributed by atoms with van der Waals surface area (Å²) in [5.41, 5.74) is 2.08. The van der Waals surface area contributed by atoms with E-state index in [1.165, 1.54) is 5.57 Å². The van der Waals surface area contributed by atoms with Crippen molar-refractivity contribution in [3.63, 3.8) is 0 Å². The van der Waals surface area contributed by atoms with Crippen LogP contribution < -0.4 is 15.9 Å². The van der Waals surface area contributed by atoms with E-state index in [0.29, 0.717) is 22.7 Å². The predicted molar refractivity (Wildman–Crippen MR) is 115 cm³/mol. The van der Waals surface area contributed by atoms with Gasteiger partial charge in [-0.3, -0.25) is 15.1 Å². The third kappa shape index (κ3) is 3.62. The Balaban J connectivity index is 1.78. The highest BCUT2D eigenvalue weighted by molar-refractivity contribution is 8.13. The summed E-state index contributed by atoms with van der Waals surface area (Å²) in [6, 6.07) is 7.91. The Bertz CT molecular complexity index is 952. The third-order valence-corrected chi connectivity index (χ3v) is 6.73. The van der Waals surface area contributed by atoms with Crippen molar-refractivity contribution in [1.29, 1.82) is 0 Å². The van der Waals surface area contributed by atoms with E-state index in [1.54, 1.807) is 11.8 Å². The molecule has 0 fully saturated rings. The van der Waals surface area contributed by atoms with Gasteiger partial charge in [-0.15, -0.1) is 5.10 Å². The second-order valence-corrected chi connectivity index (χ2v) is 9.03. The molecule has 1 aromatic carbocycles. The van der Waals surface area contributed by atoms with Crippen LogP contribution in [0.4, 0.5) is 0 Å². The Morgan fingerprint density at radius 3 is 2.93 bits per heavy atom. The number of fused-ring (bicyclic) bond motifs is 2. The summed E-state index contributed by atoms with van der Waals surface area (Å²) in [5, 5.41) is 12.2. The topological polar surface area (TPSA) is 57.1 Å². The number of hydrogen-bond donors (Lipinski definition) is 1. The van der Waals surface area contributed by atoms with Crippen molar-refractivity contribution in [2.75, 3.05) is 5.75 Å². The van der Waals surface area contributed by atoms with Crippen LogP contribution in [0, 0.1) is 11.8 Å². The number of benzene rings is 1. The monoisotopic (exact) mass is 396 g/mol. The summed E-state index contributed by atoms with van der Waals surface area (Å²) in [4.78, 5) is 18.1. The van der Waals surface area contributed by atoms with Gasteiger partial charge in [-0.2, -0.15) is 0 Å². The van der Waals surface area contributed by atoms with E-state index in [2.05, 4.69) is 32.2 Å². The van der Waals surface area contributed by atoms with E-state index < -0.39 is 0 Å². The molecule has 2 heterocycles. The van der Waals surface area contributed by atoms with E-state index in [0.717, 1.165) is 42.0 Å². The largest absolute Gasteiger partial charge is 0.298 e. The molecule has 6 heteroatoms. The summed E-state index contributed by atoms with van der Waals surface area (Å²) in [5.74, 6) is 1.72. The molecule has 1 N–H and O–H groups in total. The maximum Gasteiger partial charge on any atom is 0.276 e. The average molecular weight is 397 g/mol. The van der Waals surface area contributed by atoms with Crippen LogP contribution in [-0.4, -0.2) is 28.0 Å². The van der Waals surface area contributed by atoms with Gasteiger partial charge in [-0.25, -0.2) is 5.01 Å². The van der Waals surface area contributed by atoms with Gasteiger partial charge in [0.1, 0.15) is 11.9 Å². The lowest BCUT2D eigenvalue weighted by Gasteiger charge is -2.40. The predicted octanol–water partition coefficient (Wildman–Crippen LogP) is 2.98. The Kier molecular flexibility index (Phi) is 5.58. The molecular weight excluding hydrogens is 368 g/mol. The van der Waals surface area contributed by atoms with Crippen molar-refractivity contribution < 1.29 is 4.79 Å². The number of amides is 1. The minimum atomic E-state index is -0.142. The van der Waals surface area contributed by atoms with Crippen molar-refractivity contribution in [3.8, 4) is 0 Å². The molecule has 0 aromatic heterocycles. The van der Waals surface area contributed by atoms with Crippen LogP contribution in [0.1, 0.15) is 46.5 Å². The van der Waals surface area contributed by atoms with Gasteiger partial charge < -0.3 is 0 Å². The minimum Gasteiger partial charge on any atom is -0.298 e. The van der Waals surface area contributed by atoms with E-state index in [1.807, 2.05) is 29.3 Å². The van der Waals surface area contributed by atoms with Gasteiger partial charge in [-0.05, 0) is 38.2 Å².